The van der Waals surface area contributed by atoms with Crippen molar-refractivity contribution in [3.05, 3.63) is 11.9 Å². The zero-order chi connectivity index (χ0) is 14.5. The van der Waals surface area contributed by atoms with Crippen LogP contribution in [-0.4, -0.2) is 48.6 Å². The lowest BCUT2D eigenvalue weighted by Crippen LogP contribution is -2.28. The number of aromatic nitrogens is 2. The molecule has 2 heterocycles. The Hall–Kier alpha value is -1.40. The highest BCUT2D eigenvalue weighted by molar-refractivity contribution is 5.48. The van der Waals surface area contributed by atoms with Crippen LogP contribution in [-0.2, 0) is 6.42 Å². The van der Waals surface area contributed by atoms with Gasteiger partial charge in [0.25, 0.3) is 0 Å². The van der Waals surface area contributed by atoms with Crippen LogP contribution in [0.2, 0.25) is 0 Å². The molecule has 6 nitrogen and oxygen atoms in total. The molecular weight excluding hydrogens is 252 g/mol. The highest BCUT2D eigenvalue weighted by Crippen LogP contribution is 2.20. The molecule has 1 aliphatic rings. The van der Waals surface area contributed by atoms with E-state index >= 15 is 0 Å². The quantitative estimate of drug-likeness (QED) is 0.600. The number of hydrogen-bond acceptors (Lipinski definition) is 6. The minimum Gasteiger partial charge on any atom is -0.359 e. The number of nitrogens with one attached hydrogen (secondary N) is 1. The van der Waals surface area contributed by atoms with Crippen molar-refractivity contribution in [3.63, 3.8) is 0 Å². The van der Waals surface area contributed by atoms with E-state index in [0.717, 1.165) is 31.0 Å². The first-order chi connectivity index (χ1) is 9.62. The van der Waals surface area contributed by atoms with Crippen molar-refractivity contribution in [1.29, 1.82) is 0 Å². The Morgan fingerprint density at radius 3 is 2.90 bits per heavy atom. The summed E-state index contributed by atoms with van der Waals surface area (Å²) in [7, 11) is 4.27. The van der Waals surface area contributed by atoms with Gasteiger partial charge in [0.1, 0.15) is 17.5 Å². The van der Waals surface area contributed by atoms with E-state index in [-0.39, 0.29) is 0 Å². The van der Waals surface area contributed by atoms with Crippen LogP contribution in [0.25, 0.3) is 0 Å². The molecule has 0 aromatic carbocycles. The van der Waals surface area contributed by atoms with Crippen LogP contribution in [0.1, 0.15) is 25.6 Å². The van der Waals surface area contributed by atoms with Crippen LogP contribution in [0, 0.1) is 5.92 Å². The molecule has 0 saturated carbocycles. The number of hydrogen-bond donors (Lipinski definition) is 2. The fraction of sp³-hybridized carbons (Fsp3) is 0.714. The van der Waals surface area contributed by atoms with E-state index in [1.807, 2.05) is 6.07 Å². The van der Waals surface area contributed by atoms with Gasteiger partial charge in [0.2, 0.25) is 0 Å². The van der Waals surface area contributed by atoms with E-state index < -0.39 is 0 Å². The molecule has 1 aromatic rings. The lowest BCUT2D eigenvalue weighted by molar-refractivity contribution is 0.395. The third-order valence-electron chi connectivity index (χ3n) is 3.79. The van der Waals surface area contributed by atoms with Gasteiger partial charge in [-0.1, -0.05) is 6.92 Å². The Morgan fingerprint density at radius 1 is 1.50 bits per heavy atom. The van der Waals surface area contributed by atoms with Gasteiger partial charge >= 0.3 is 0 Å². The Bertz CT molecular complexity index is 436. The number of nitrogens with two attached hydrogens (primary N) is 1. The molecule has 6 heteroatoms. The minimum absolute atomic E-state index is 0.689. The normalized spacial score (nSPS) is 19.3. The summed E-state index contributed by atoms with van der Waals surface area (Å²) in [6.45, 7) is 5.51. The summed E-state index contributed by atoms with van der Waals surface area (Å²) in [5.41, 5.74) is 2.64. The summed E-state index contributed by atoms with van der Waals surface area (Å²) in [6.07, 6.45) is 3.17. The second kappa shape index (κ2) is 6.85. The summed E-state index contributed by atoms with van der Waals surface area (Å²) in [4.78, 5) is 13.6. The number of rotatable bonds is 6. The third kappa shape index (κ3) is 3.80. The molecular formula is C14H26N6. The average Bonchev–Trinajstić information content (AvgIpc) is 2.84. The smallest absolute Gasteiger partial charge is 0.145 e. The molecule has 1 aliphatic heterocycles. The van der Waals surface area contributed by atoms with Crippen LogP contribution in [0.3, 0.4) is 0 Å². The van der Waals surface area contributed by atoms with Gasteiger partial charge in [-0.2, -0.15) is 0 Å². The summed E-state index contributed by atoms with van der Waals surface area (Å²) < 4.78 is 0. The van der Waals surface area contributed by atoms with Gasteiger partial charge in [0.15, 0.2) is 0 Å². The van der Waals surface area contributed by atoms with Gasteiger partial charge in [-0.15, -0.1) is 0 Å². The molecule has 0 bridgehead atoms. The largest absolute Gasteiger partial charge is 0.359 e. The highest BCUT2D eigenvalue weighted by atomic mass is 15.3. The zero-order valence-corrected chi connectivity index (χ0v) is 12.8. The Labute approximate surface area is 121 Å². The topological polar surface area (TPSA) is 70.3 Å². The predicted octanol–water partition coefficient (Wildman–Crippen LogP) is 1.10. The maximum atomic E-state index is 5.50. The molecule has 1 aromatic heterocycles. The number of nitrogen functional groups attached to an aromatic ring is 1. The molecule has 1 atom stereocenters. The molecule has 3 N–H and O–H groups in total. The fourth-order valence-electron chi connectivity index (χ4n) is 2.74. The number of nitrogens with zero attached hydrogens (tertiary/aromatic N) is 4. The van der Waals surface area contributed by atoms with Gasteiger partial charge in [-0.3, -0.25) is 0 Å². The van der Waals surface area contributed by atoms with Crippen LogP contribution < -0.4 is 16.2 Å². The second-order valence-electron chi connectivity index (χ2n) is 5.72. The average molecular weight is 278 g/mol. The van der Waals surface area contributed by atoms with Crippen molar-refractivity contribution in [3.8, 4) is 0 Å². The third-order valence-corrected chi connectivity index (χ3v) is 3.79. The van der Waals surface area contributed by atoms with Crippen LogP contribution in [0.4, 0.5) is 11.6 Å². The van der Waals surface area contributed by atoms with E-state index in [9.17, 15) is 0 Å². The molecule has 0 amide bonds. The number of likely N-dealkylation sites (tertiary alicyclic amines) is 1. The molecule has 112 valence electrons. The first kappa shape index (κ1) is 15.0. The van der Waals surface area contributed by atoms with E-state index in [1.54, 1.807) is 0 Å². The van der Waals surface area contributed by atoms with Crippen molar-refractivity contribution in [2.45, 2.75) is 26.2 Å². The molecule has 0 radical (unpaired) electrons. The number of aryl methyl sites for hydroxylation is 1. The molecule has 1 fully saturated rings. The van der Waals surface area contributed by atoms with Crippen molar-refractivity contribution in [1.82, 2.24) is 14.9 Å². The maximum absolute atomic E-state index is 5.50. The first-order valence-corrected chi connectivity index (χ1v) is 7.36. The summed E-state index contributed by atoms with van der Waals surface area (Å²) in [5, 5.41) is 0. The lowest BCUT2D eigenvalue weighted by Gasteiger charge is -2.23. The number of hydrazine groups is 1. The standard InChI is InChI=1S/C14H26N6/c1-4-5-12-16-13(18-15)8-14(17-12)20(3)10-11-6-7-19(2)9-11/h8,11H,4-7,9-10,15H2,1-3H3,(H,16,17,18). The minimum atomic E-state index is 0.689. The van der Waals surface area contributed by atoms with Crippen LogP contribution >= 0.6 is 0 Å². The van der Waals surface area contributed by atoms with Crippen molar-refractivity contribution in [2.24, 2.45) is 11.8 Å². The van der Waals surface area contributed by atoms with Crippen molar-refractivity contribution < 1.29 is 0 Å². The fourth-order valence-corrected chi connectivity index (χ4v) is 2.74. The van der Waals surface area contributed by atoms with Crippen molar-refractivity contribution >= 4 is 11.6 Å². The maximum Gasteiger partial charge on any atom is 0.145 e. The van der Waals surface area contributed by atoms with Crippen LogP contribution in [0.15, 0.2) is 6.07 Å². The summed E-state index contributed by atoms with van der Waals surface area (Å²) >= 11 is 0. The molecule has 0 aliphatic carbocycles. The molecule has 0 spiro atoms. The Morgan fingerprint density at radius 2 is 2.30 bits per heavy atom. The monoisotopic (exact) mass is 278 g/mol. The van der Waals surface area contributed by atoms with Gasteiger partial charge in [-0.05, 0) is 32.4 Å². The number of anilines is 2. The molecule has 2 rings (SSSR count). The van der Waals surface area contributed by atoms with Gasteiger partial charge in [0, 0.05) is 32.6 Å². The summed E-state index contributed by atoms with van der Waals surface area (Å²) in [6, 6.07) is 1.91. The predicted molar refractivity (Wildman–Crippen MR) is 82.7 cm³/mol. The highest BCUT2D eigenvalue weighted by Gasteiger charge is 2.21. The Balaban J connectivity index is 2.07. The SMILES string of the molecule is CCCc1nc(NN)cc(N(C)CC2CCN(C)C2)n1. The van der Waals surface area contributed by atoms with Gasteiger partial charge in [0.05, 0.1) is 0 Å². The van der Waals surface area contributed by atoms with Crippen LogP contribution in [0.5, 0.6) is 0 Å². The second-order valence-corrected chi connectivity index (χ2v) is 5.72. The lowest BCUT2D eigenvalue weighted by atomic mass is 10.1. The zero-order valence-electron chi connectivity index (χ0n) is 12.8. The van der Waals surface area contributed by atoms with Gasteiger partial charge in [-0.25, -0.2) is 15.8 Å². The van der Waals surface area contributed by atoms with E-state index in [1.165, 1.54) is 19.5 Å². The first-order valence-electron chi connectivity index (χ1n) is 7.36. The van der Waals surface area contributed by atoms with E-state index in [4.69, 9.17) is 5.84 Å². The molecule has 1 unspecified atom stereocenters. The van der Waals surface area contributed by atoms with E-state index in [0.29, 0.717) is 11.7 Å². The Kier molecular flexibility index (Phi) is 5.14. The molecule has 1 saturated heterocycles. The van der Waals surface area contributed by atoms with Gasteiger partial charge < -0.3 is 15.2 Å². The van der Waals surface area contributed by atoms with E-state index in [2.05, 4.69) is 46.2 Å². The van der Waals surface area contributed by atoms with Crippen molar-refractivity contribution in [2.75, 3.05) is 44.1 Å². The molecule has 20 heavy (non-hydrogen) atoms. The summed E-state index contributed by atoms with van der Waals surface area (Å²) in [5.74, 6) is 8.71.